The smallest absolute Gasteiger partial charge is 0.337 e. The molecule has 0 saturated carbocycles. The molecule has 2 aromatic heterocycles. The van der Waals surface area contributed by atoms with Crippen molar-refractivity contribution >= 4 is 66.8 Å². The maximum absolute atomic E-state index is 15.0. The summed E-state index contributed by atoms with van der Waals surface area (Å²) in [7, 11) is -2.68. The number of nitrogens with zero attached hydrogens (tertiary/aromatic N) is 2. The number of hydrogen-bond acceptors (Lipinski definition) is 9. The molecule has 4 rings (SSSR count). The van der Waals surface area contributed by atoms with Crippen molar-refractivity contribution in [3.05, 3.63) is 79.2 Å². The van der Waals surface area contributed by atoms with E-state index in [1.54, 1.807) is 11.8 Å². The molecule has 0 unspecified atom stereocenters. The van der Waals surface area contributed by atoms with Gasteiger partial charge in [-0.1, -0.05) is 11.6 Å². The second-order valence-corrected chi connectivity index (χ2v) is 11.0. The van der Waals surface area contributed by atoms with Gasteiger partial charge in [0.1, 0.15) is 10.0 Å². The molecule has 0 aliphatic heterocycles. The first kappa shape index (κ1) is 25.9. The van der Waals surface area contributed by atoms with Gasteiger partial charge in [0, 0.05) is 18.4 Å². The van der Waals surface area contributed by atoms with Crippen LogP contribution in [0.15, 0.2) is 57.5 Å². The van der Waals surface area contributed by atoms with Crippen molar-refractivity contribution in [1.82, 2.24) is 9.29 Å². The van der Waals surface area contributed by atoms with E-state index in [1.165, 1.54) is 30.3 Å². The average molecular weight is 568 g/mol. The largest absolute Gasteiger partial charge is 0.489 e. The van der Waals surface area contributed by atoms with Crippen LogP contribution >= 0.6 is 22.9 Å². The Morgan fingerprint density at radius 2 is 1.84 bits per heavy atom. The number of rotatable bonds is 6. The molecule has 0 radical (unpaired) electrons. The third kappa shape index (κ3) is 4.91. The van der Waals surface area contributed by atoms with Crippen molar-refractivity contribution in [2.45, 2.75) is 4.21 Å². The van der Waals surface area contributed by atoms with Gasteiger partial charge in [0.2, 0.25) is 0 Å². The minimum absolute atomic E-state index is 0.150. The lowest BCUT2D eigenvalue weighted by Crippen LogP contribution is -2.34. The first-order chi connectivity index (χ1) is 17.4. The van der Waals surface area contributed by atoms with Gasteiger partial charge in [0.15, 0.2) is 0 Å². The number of thiophene rings is 1. The van der Waals surface area contributed by atoms with E-state index in [9.17, 15) is 33.2 Å². The van der Waals surface area contributed by atoms with Crippen molar-refractivity contribution in [2.24, 2.45) is 0 Å². The molecular formula is C21H15ClFN5O7S2. The summed E-state index contributed by atoms with van der Waals surface area (Å²) in [5.41, 5.74) is -2.06. The Balaban J connectivity index is 1.70. The summed E-state index contributed by atoms with van der Waals surface area (Å²) in [6, 6.07) is 8.24. The summed E-state index contributed by atoms with van der Waals surface area (Å²) in [5.74, 6) is -2.25. The summed E-state index contributed by atoms with van der Waals surface area (Å²) in [6.07, 6.45) is 0. The molecule has 37 heavy (non-hydrogen) atoms. The second kappa shape index (κ2) is 9.68. The second-order valence-electron chi connectivity index (χ2n) is 7.36. The van der Waals surface area contributed by atoms with Gasteiger partial charge in [-0.15, -0.1) is 11.3 Å². The summed E-state index contributed by atoms with van der Waals surface area (Å²) in [5, 5.41) is 26.9. The first-order valence-corrected chi connectivity index (χ1v) is 12.7. The molecule has 0 saturated heterocycles. The quantitative estimate of drug-likeness (QED) is 0.200. The van der Waals surface area contributed by atoms with Gasteiger partial charge in [-0.05, 0) is 48.5 Å². The highest BCUT2D eigenvalue weighted by Crippen LogP contribution is 2.36. The highest BCUT2D eigenvalue weighted by atomic mass is 35.5. The molecule has 2 amide bonds. The number of hydrogen-bond donors (Lipinski definition) is 4. The number of urea groups is 1. The number of pyridine rings is 1. The number of aromatic hydroxyl groups is 1. The molecule has 0 atom stereocenters. The number of carbonyl (C=O) groups is 1. The summed E-state index contributed by atoms with van der Waals surface area (Å²) >= 11 is 6.43. The van der Waals surface area contributed by atoms with Crippen LogP contribution in [0.25, 0.3) is 16.5 Å². The number of nitrogens with one attached hydrogen (secondary N) is 3. The highest BCUT2D eigenvalue weighted by Gasteiger charge is 2.27. The maximum Gasteiger partial charge on any atom is 0.337 e. The molecule has 0 fully saturated rings. The van der Waals surface area contributed by atoms with Crippen LogP contribution < -0.4 is 20.9 Å². The minimum atomic E-state index is -4.24. The normalized spacial score (nSPS) is 11.3. The number of aromatic nitrogens is 1. The number of carbonyl (C=O) groups excluding carboxylic acids is 1. The molecular weight excluding hydrogens is 553 g/mol. The van der Waals surface area contributed by atoms with Crippen LogP contribution in [-0.4, -0.2) is 36.1 Å². The van der Waals surface area contributed by atoms with Crippen LogP contribution in [0.1, 0.15) is 0 Å². The molecule has 0 aliphatic rings. The van der Waals surface area contributed by atoms with Crippen LogP contribution in [0.2, 0.25) is 4.34 Å². The van der Waals surface area contributed by atoms with Gasteiger partial charge in [-0.25, -0.2) is 26.9 Å². The van der Waals surface area contributed by atoms with Gasteiger partial charge >= 0.3 is 11.7 Å². The van der Waals surface area contributed by atoms with Gasteiger partial charge in [0.25, 0.3) is 21.5 Å². The lowest BCUT2D eigenvalue weighted by atomic mass is 10.1. The van der Waals surface area contributed by atoms with Gasteiger partial charge < -0.3 is 15.7 Å². The summed E-state index contributed by atoms with van der Waals surface area (Å²) < 4.78 is 41.7. The standard InChI is InChI=1S/C21H15ClFN5O7S2/c1-24-10-2-4-12-13(8-10)18(28(32)33)20(30)27(19(12)29)15-5-3-11(9-14(15)23)25-21(31)26-37(34,35)17-7-6-16(22)36-17/h2-9,24,30H,1H3,(H2,25,26,31). The number of anilines is 2. The molecule has 0 spiro atoms. The molecule has 192 valence electrons. The Labute approximate surface area is 216 Å². The number of benzene rings is 2. The summed E-state index contributed by atoms with van der Waals surface area (Å²) in [4.78, 5) is 36.1. The van der Waals surface area contributed by atoms with Gasteiger partial charge in [-0.3, -0.25) is 14.9 Å². The number of amides is 2. The van der Waals surface area contributed by atoms with Crippen molar-refractivity contribution < 1.29 is 27.6 Å². The van der Waals surface area contributed by atoms with Crippen molar-refractivity contribution in [3.63, 3.8) is 0 Å². The molecule has 0 bridgehead atoms. The molecule has 2 heterocycles. The fourth-order valence-corrected chi connectivity index (χ4v) is 5.86. The summed E-state index contributed by atoms with van der Waals surface area (Å²) in [6.45, 7) is 0. The number of halogens is 2. The third-order valence-electron chi connectivity index (χ3n) is 5.09. The number of sulfonamides is 1. The van der Waals surface area contributed by atoms with Gasteiger partial charge in [0.05, 0.1) is 25.7 Å². The van der Waals surface area contributed by atoms with E-state index in [0.717, 1.165) is 29.5 Å². The Hall–Kier alpha value is -4.21. The molecule has 4 N–H and O–H groups in total. The average Bonchev–Trinajstić information content (AvgIpc) is 3.27. The minimum Gasteiger partial charge on any atom is -0.489 e. The maximum atomic E-state index is 15.0. The lowest BCUT2D eigenvalue weighted by molar-refractivity contribution is -0.384. The monoisotopic (exact) mass is 567 g/mol. The van der Waals surface area contributed by atoms with Crippen LogP contribution in [0.3, 0.4) is 0 Å². The Morgan fingerprint density at radius 3 is 2.43 bits per heavy atom. The Morgan fingerprint density at radius 1 is 1.14 bits per heavy atom. The van der Waals surface area contributed by atoms with E-state index in [1.807, 2.05) is 0 Å². The lowest BCUT2D eigenvalue weighted by Gasteiger charge is -2.14. The molecule has 0 aliphatic carbocycles. The fourth-order valence-electron chi connectivity index (χ4n) is 3.47. The van der Waals surface area contributed by atoms with Crippen molar-refractivity contribution in [3.8, 4) is 11.6 Å². The van der Waals surface area contributed by atoms with Crippen molar-refractivity contribution in [1.29, 1.82) is 0 Å². The fraction of sp³-hybridized carbons (Fsp3) is 0.0476. The van der Waals surface area contributed by atoms with E-state index >= 15 is 4.39 Å². The first-order valence-electron chi connectivity index (χ1n) is 10.1. The van der Waals surface area contributed by atoms with E-state index in [2.05, 4.69) is 10.6 Å². The van der Waals surface area contributed by atoms with Crippen LogP contribution in [0.5, 0.6) is 5.88 Å². The van der Waals surface area contributed by atoms with Crippen LogP contribution in [0.4, 0.5) is 26.2 Å². The van der Waals surface area contributed by atoms with Crippen LogP contribution in [-0.2, 0) is 10.0 Å². The topological polar surface area (TPSA) is 173 Å². The number of fused-ring (bicyclic) bond motifs is 1. The third-order valence-corrected chi connectivity index (χ3v) is 8.14. The van der Waals surface area contributed by atoms with Crippen molar-refractivity contribution in [2.75, 3.05) is 17.7 Å². The molecule has 16 heteroatoms. The van der Waals surface area contributed by atoms with Gasteiger partial charge in [-0.2, -0.15) is 0 Å². The zero-order chi connectivity index (χ0) is 27.1. The SMILES string of the molecule is CNc1ccc2c(=O)n(-c3ccc(NC(=O)NS(=O)(=O)c4ccc(Cl)s4)cc3F)c(O)c([N+](=O)[O-])c2c1. The van der Waals surface area contributed by atoms with E-state index in [-0.39, 0.29) is 25.0 Å². The predicted molar refractivity (Wildman–Crippen MR) is 136 cm³/mol. The van der Waals surface area contributed by atoms with E-state index < -0.39 is 49.6 Å². The van der Waals surface area contributed by atoms with E-state index in [0.29, 0.717) is 10.3 Å². The molecule has 4 aromatic rings. The van der Waals surface area contributed by atoms with E-state index in [4.69, 9.17) is 11.6 Å². The zero-order valence-corrected chi connectivity index (χ0v) is 20.9. The highest BCUT2D eigenvalue weighted by molar-refractivity contribution is 7.92. The molecule has 2 aromatic carbocycles. The van der Waals surface area contributed by atoms with Crippen LogP contribution in [0, 0.1) is 15.9 Å². The predicted octanol–water partition coefficient (Wildman–Crippen LogP) is 4.01. The Kier molecular flexibility index (Phi) is 6.77. The number of nitro groups is 1. The molecule has 12 nitrogen and oxygen atoms in total. The zero-order valence-electron chi connectivity index (χ0n) is 18.5. The Bertz CT molecular complexity index is 1750.